The molecule has 0 heterocycles. The molecular formula is C16H23N3O5. The van der Waals surface area contributed by atoms with Crippen molar-refractivity contribution in [3.05, 3.63) is 35.9 Å². The number of carbonyl (C=O) groups excluding carboxylic acids is 2. The van der Waals surface area contributed by atoms with Crippen LogP contribution in [0, 0.1) is 0 Å². The van der Waals surface area contributed by atoms with E-state index in [0.717, 1.165) is 12.5 Å². The molecule has 8 nitrogen and oxygen atoms in total. The summed E-state index contributed by atoms with van der Waals surface area (Å²) in [6.07, 6.45) is -0.0133. The van der Waals surface area contributed by atoms with Crippen molar-refractivity contribution in [2.45, 2.75) is 25.5 Å². The topological polar surface area (TPSA) is 119 Å². The largest absolute Gasteiger partial charge is 0.479 e. The number of aliphatic hydroxyl groups is 1. The SMILES string of the molecule is CN(Cc1ccccc1)C(=O)NCCC(=O)NCC(C)(O)C(=O)O. The number of carbonyl (C=O) groups is 3. The summed E-state index contributed by atoms with van der Waals surface area (Å²) >= 11 is 0. The number of hydrogen-bond acceptors (Lipinski definition) is 4. The molecule has 1 rings (SSSR count). The Morgan fingerprint density at radius 2 is 1.79 bits per heavy atom. The van der Waals surface area contributed by atoms with Gasteiger partial charge in [0.2, 0.25) is 5.91 Å². The molecular weight excluding hydrogens is 314 g/mol. The molecule has 4 N–H and O–H groups in total. The van der Waals surface area contributed by atoms with Gasteiger partial charge in [0, 0.05) is 26.6 Å². The normalized spacial score (nSPS) is 12.8. The van der Waals surface area contributed by atoms with Gasteiger partial charge in [0.15, 0.2) is 5.60 Å². The van der Waals surface area contributed by atoms with Crippen LogP contribution >= 0.6 is 0 Å². The zero-order valence-corrected chi connectivity index (χ0v) is 13.8. The maximum absolute atomic E-state index is 11.9. The van der Waals surface area contributed by atoms with Gasteiger partial charge in [-0.2, -0.15) is 0 Å². The standard InChI is InChI=1S/C16H23N3O5/c1-16(24,14(21)22)11-18-13(20)8-9-17-15(23)19(2)10-12-6-4-3-5-7-12/h3-7,24H,8-11H2,1-2H3,(H,17,23)(H,18,20)(H,21,22). The van der Waals surface area contributed by atoms with Crippen molar-refractivity contribution < 1.29 is 24.6 Å². The molecule has 3 amide bonds. The Morgan fingerprint density at radius 1 is 1.17 bits per heavy atom. The van der Waals surface area contributed by atoms with Crippen LogP contribution in [0.3, 0.4) is 0 Å². The zero-order chi connectivity index (χ0) is 18.2. The van der Waals surface area contributed by atoms with Gasteiger partial charge in [-0.25, -0.2) is 9.59 Å². The van der Waals surface area contributed by atoms with E-state index in [9.17, 15) is 19.5 Å². The highest BCUT2D eigenvalue weighted by atomic mass is 16.4. The highest BCUT2D eigenvalue weighted by molar-refractivity contribution is 5.80. The number of carboxylic acid groups (broad SMARTS) is 1. The predicted molar refractivity (Wildman–Crippen MR) is 87.2 cm³/mol. The Bertz CT molecular complexity index is 574. The van der Waals surface area contributed by atoms with Crippen LogP contribution in [0.2, 0.25) is 0 Å². The van der Waals surface area contributed by atoms with Crippen molar-refractivity contribution in [3.8, 4) is 0 Å². The number of benzene rings is 1. The van der Waals surface area contributed by atoms with Crippen LogP contribution in [-0.2, 0) is 16.1 Å². The first-order valence-electron chi connectivity index (χ1n) is 7.48. The molecule has 1 aromatic carbocycles. The summed E-state index contributed by atoms with van der Waals surface area (Å²) in [7, 11) is 1.65. The van der Waals surface area contributed by atoms with Gasteiger partial charge in [0.1, 0.15) is 0 Å². The first kappa shape index (κ1) is 19.4. The van der Waals surface area contributed by atoms with E-state index in [1.54, 1.807) is 7.05 Å². The van der Waals surface area contributed by atoms with Crippen LogP contribution in [0.1, 0.15) is 18.9 Å². The molecule has 0 aliphatic rings. The number of amides is 3. The van der Waals surface area contributed by atoms with E-state index < -0.39 is 24.0 Å². The lowest BCUT2D eigenvalue weighted by Crippen LogP contribution is -2.47. The molecule has 0 aromatic heterocycles. The number of nitrogens with zero attached hydrogens (tertiary/aromatic N) is 1. The Hall–Kier alpha value is -2.61. The van der Waals surface area contributed by atoms with Gasteiger partial charge in [-0.05, 0) is 12.5 Å². The quantitative estimate of drug-likeness (QED) is 0.539. The van der Waals surface area contributed by atoms with Gasteiger partial charge in [-0.15, -0.1) is 0 Å². The van der Waals surface area contributed by atoms with Crippen LogP contribution in [0.5, 0.6) is 0 Å². The van der Waals surface area contributed by atoms with Crippen LogP contribution in [0.4, 0.5) is 4.79 Å². The summed E-state index contributed by atoms with van der Waals surface area (Å²) < 4.78 is 0. The molecule has 0 saturated heterocycles. The number of nitrogens with one attached hydrogen (secondary N) is 2. The first-order valence-corrected chi connectivity index (χ1v) is 7.48. The molecule has 24 heavy (non-hydrogen) atoms. The third-order valence-corrected chi connectivity index (χ3v) is 3.33. The Morgan fingerprint density at radius 3 is 2.38 bits per heavy atom. The molecule has 0 aliphatic carbocycles. The highest BCUT2D eigenvalue weighted by Gasteiger charge is 2.30. The lowest BCUT2D eigenvalue weighted by molar-refractivity contribution is -0.156. The van der Waals surface area contributed by atoms with Crippen molar-refractivity contribution in [1.82, 2.24) is 15.5 Å². The second kappa shape index (κ2) is 8.88. The fraction of sp³-hybridized carbons (Fsp3) is 0.438. The van der Waals surface area contributed by atoms with Gasteiger partial charge in [-0.1, -0.05) is 30.3 Å². The molecule has 1 aromatic rings. The summed E-state index contributed by atoms with van der Waals surface area (Å²) in [5.74, 6) is -1.87. The van der Waals surface area contributed by atoms with Gasteiger partial charge < -0.3 is 25.7 Å². The average molecular weight is 337 g/mol. The van der Waals surface area contributed by atoms with Gasteiger partial charge in [-0.3, -0.25) is 4.79 Å². The van der Waals surface area contributed by atoms with E-state index in [1.165, 1.54) is 4.90 Å². The van der Waals surface area contributed by atoms with Gasteiger partial charge >= 0.3 is 12.0 Å². The van der Waals surface area contributed by atoms with E-state index in [0.29, 0.717) is 6.54 Å². The van der Waals surface area contributed by atoms with E-state index >= 15 is 0 Å². The maximum Gasteiger partial charge on any atom is 0.337 e. The lowest BCUT2D eigenvalue weighted by atomic mass is 10.1. The lowest BCUT2D eigenvalue weighted by Gasteiger charge is -2.19. The molecule has 8 heteroatoms. The van der Waals surface area contributed by atoms with Crippen LogP contribution in [0.25, 0.3) is 0 Å². The number of aliphatic carboxylic acids is 1. The second-order valence-electron chi connectivity index (χ2n) is 5.68. The van der Waals surface area contributed by atoms with Gasteiger partial charge in [0.25, 0.3) is 0 Å². The molecule has 132 valence electrons. The summed E-state index contributed by atoms with van der Waals surface area (Å²) in [6, 6.07) is 9.17. The molecule has 0 fully saturated rings. The van der Waals surface area contributed by atoms with Crippen molar-refractivity contribution in [2.75, 3.05) is 20.1 Å². The van der Waals surface area contributed by atoms with E-state index in [1.807, 2.05) is 30.3 Å². The summed E-state index contributed by atoms with van der Waals surface area (Å²) in [5.41, 5.74) is -1.03. The Labute approximate surface area is 140 Å². The third kappa shape index (κ3) is 6.66. The number of hydrogen-bond donors (Lipinski definition) is 4. The predicted octanol–water partition coefficient (Wildman–Crippen LogP) is 0.170. The Balaban J connectivity index is 2.27. The minimum atomic E-state index is -2.02. The monoisotopic (exact) mass is 337 g/mol. The molecule has 0 saturated carbocycles. The fourth-order valence-corrected chi connectivity index (χ4v) is 1.78. The summed E-state index contributed by atoms with van der Waals surface area (Å²) in [5, 5.41) is 23.1. The molecule has 0 spiro atoms. The third-order valence-electron chi connectivity index (χ3n) is 3.33. The number of carboxylic acids is 1. The second-order valence-corrected chi connectivity index (χ2v) is 5.68. The average Bonchev–Trinajstić information content (AvgIpc) is 2.53. The van der Waals surface area contributed by atoms with Crippen molar-refractivity contribution in [2.24, 2.45) is 0 Å². The van der Waals surface area contributed by atoms with Crippen LogP contribution < -0.4 is 10.6 Å². The van der Waals surface area contributed by atoms with E-state index in [4.69, 9.17) is 5.11 Å². The van der Waals surface area contributed by atoms with Crippen molar-refractivity contribution in [3.63, 3.8) is 0 Å². The molecule has 1 unspecified atom stereocenters. The minimum absolute atomic E-state index is 0.0133. The first-order chi connectivity index (χ1) is 11.2. The number of rotatable bonds is 8. The minimum Gasteiger partial charge on any atom is -0.479 e. The highest BCUT2D eigenvalue weighted by Crippen LogP contribution is 2.03. The molecule has 0 bridgehead atoms. The molecule has 1 atom stereocenters. The Kier molecular flexibility index (Phi) is 7.19. The number of urea groups is 1. The maximum atomic E-state index is 11.9. The summed E-state index contributed by atoms with van der Waals surface area (Å²) in [6.45, 7) is 1.25. The van der Waals surface area contributed by atoms with Crippen LogP contribution in [0.15, 0.2) is 30.3 Å². The smallest absolute Gasteiger partial charge is 0.337 e. The van der Waals surface area contributed by atoms with Crippen molar-refractivity contribution >= 4 is 17.9 Å². The summed E-state index contributed by atoms with van der Waals surface area (Å²) in [4.78, 5) is 35.7. The van der Waals surface area contributed by atoms with E-state index in [-0.39, 0.29) is 19.0 Å². The molecule has 0 aliphatic heterocycles. The zero-order valence-electron chi connectivity index (χ0n) is 13.8. The van der Waals surface area contributed by atoms with Crippen LogP contribution in [-0.4, -0.2) is 58.8 Å². The molecule has 0 radical (unpaired) electrons. The van der Waals surface area contributed by atoms with Gasteiger partial charge in [0.05, 0.1) is 6.54 Å². The fourth-order valence-electron chi connectivity index (χ4n) is 1.78. The van der Waals surface area contributed by atoms with Crippen molar-refractivity contribution in [1.29, 1.82) is 0 Å². The van der Waals surface area contributed by atoms with E-state index in [2.05, 4.69) is 10.6 Å².